The van der Waals surface area contributed by atoms with Crippen molar-refractivity contribution in [2.75, 3.05) is 7.11 Å². The highest BCUT2D eigenvalue weighted by molar-refractivity contribution is 5.77. The van der Waals surface area contributed by atoms with Crippen molar-refractivity contribution in [2.45, 2.75) is 39.7 Å². The van der Waals surface area contributed by atoms with Gasteiger partial charge in [-0.1, -0.05) is 44.2 Å². The Morgan fingerprint density at radius 3 is 2.26 bits per heavy atom. The number of Topliss-reactive ketones (excluding diaryl/α,β-unsaturated/α-hetero) is 1. The van der Waals surface area contributed by atoms with E-state index in [0.717, 1.165) is 5.56 Å². The van der Waals surface area contributed by atoms with Crippen LogP contribution < -0.4 is 5.32 Å². The lowest BCUT2D eigenvalue weighted by Crippen LogP contribution is -2.37. The molecule has 0 saturated heterocycles. The molecule has 0 aliphatic rings. The largest absolute Gasteiger partial charge is 0.453 e. The first-order valence-electron chi connectivity index (χ1n) is 6.49. The van der Waals surface area contributed by atoms with Crippen molar-refractivity contribution in [3.05, 3.63) is 35.9 Å². The van der Waals surface area contributed by atoms with E-state index in [1.165, 1.54) is 14.0 Å². The zero-order chi connectivity index (χ0) is 14.7. The van der Waals surface area contributed by atoms with Crippen LogP contribution in [-0.2, 0) is 16.0 Å². The number of amides is 1. The Morgan fingerprint density at radius 1 is 1.21 bits per heavy atom. The zero-order valence-corrected chi connectivity index (χ0v) is 12.1. The zero-order valence-electron chi connectivity index (χ0n) is 12.1. The maximum atomic E-state index is 11.1. The third-order valence-corrected chi connectivity index (χ3v) is 2.37. The number of hydrogen-bond donors (Lipinski definition) is 1. The lowest BCUT2D eigenvalue weighted by molar-refractivity contribution is -0.117. The van der Waals surface area contributed by atoms with Gasteiger partial charge in [-0.15, -0.1) is 0 Å². The van der Waals surface area contributed by atoms with Crippen LogP contribution >= 0.6 is 0 Å². The molecular weight excluding hydrogens is 242 g/mol. The van der Waals surface area contributed by atoms with Crippen LogP contribution in [0, 0.1) is 0 Å². The summed E-state index contributed by atoms with van der Waals surface area (Å²) in [5.74, 6) is 0.0438. The van der Waals surface area contributed by atoms with Gasteiger partial charge >= 0.3 is 6.09 Å². The lowest BCUT2D eigenvalue weighted by atomic mass is 10.0. The molecule has 1 atom stereocenters. The van der Waals surface area contributed by atoms with Gasteiger partial charge in [0.05, 0.1) is 7.11 Å². The quantitative estimate of drug-likeness (QED) is 0.890. The molecule has 0 radical (unpaired) electrons. The lowest BCUT2D eigenvalue weighted by Gasteiger charge is -2.16. The summed E-state index contributed by atoms with van der Waals surface area (Å²) in [7, 11) is 1.31. The fraction of sp³-hybridized carbons (Fsp3) is 0.467. The summed E-state index contributed by atoms with van der Waals surface area (Å²) in [6.07, 6.45) is 0.423. The molecule has 0 aliphatic heterocycles. The van der Waals surface area contributed by atoms with Crippen LogP contribution in [-0.4, -0.2) is 25.0 Å². The molecule has 4 heteroatoms. The summed E-state index contributed by atoms with van der Waals surface area (Å²) < 4.78 is 4.54. The predicted octanol–water partition coefficient (Wildman–Crippen LogP) is 2.96. The third-order valence-electron chi connectivity index (χ3n) is 2.37. The van der Waals surface area contributed by atoms with Crippen molar-refractivity contribution in [2.24, 2.45) is 0 Å². The van der Waals surface area contributed by atoms with Crippen LogP contribution in [0.15, 0.2) is 30.3 Å². The summed E-state index contributed by atoms with van der Waals surface area (Å²) in [5, 5.41) is 2.66. The van der Waals surface area contributed by atoms with Gasteiger partial charge in [0, 0.05) is 12.5 Å². The second kappa shape index (κ2) is 10.1. The van der Waals surface area contributed by atoms with E-state index >= 15 is 0 Å². The summed E-state index contributed by atoms with van der Waals surface area (Å²) in [4.78, 5) is 22.3. The van der Waals surface area contributed by atoms with E-state index in [1.807, 2.05) is 44.2 Å². The predicted molar refractivity (Wildman–Crippen MR) is 76.1 cm³/mol. The number of ether oxygens (including phenoxy) is 1. The Bertz CT molecular complexity index is 376. The Morgan fingerprint density at radius 2 is 1.79 bits per heavy atom. The van der Waals surface area contributed by atoms with Crippen LogP contribution in [0.3, 0.4) is 0 Å². The molecular formula is C15H23NO3. The number of hydrogen-bond acceptors (Lipinski definition) is 3. The van der Waals surface area contributed by atoms with Crippen LogP contribution in [0.1, 0.15) is 32.8 Å². The number of methoxy groups -OCH3 is 1. The number of ketones is 1. The molecule has 1 N–H and O–H groups in total. The molecule has 4 nitrogen and oxygen atoms in total. The SMILES string of the molecule is CC.COC(=O)NC(CC(C)=O)Cc1ccccc1. The normalized spacial score (nSPS) is 10.7. The molecule has 0 heterocycles. The van der Waals surface area contributed by atoms with Crippen molar-refractivity contribution >= 4 is 11.9 Å². The average molecular weight is 265 g/mol. The van der Waals surface area contributed by atoms with E-state index in [0.29, 0.717) is 12.8 Å². The van der Waals surface area contributed by atoms with Crippen molar-refractivity contribution in [3.63, 3.8) is 0 Å². The molecule has 1 unspecified atom stereocenters. The summed E-state index contributed by atoms with van der Waals surface area (Å²) >= 11 is 0. The van der Waals surface area contributed by atoms with Crippen LogP contribution in [0.5, 0.6) is 0 Å². The number of benzene rings is 1. The highest BCUT2D eigenvalue weighted by Crippen LogP contribution is 2.06. The molecule has 19 heavy (non-hydrogen) atoms. The average Bonchev–Trinajstić information content (AvgIpc) is 2.41. The first-order chi connectivity index (χ1) is 9.11. The Balaban J connectivity index is 0.00000154. The van der Waals surface area contributed by atoms with Gasteiger partial charge in [0.1, 0.15) is 5.78 Å². The first kappa shape index (κ1) is 17.2. The van der Waals surface area contributed by atoms with Gasteiger partial charge in [0.15, 0.2) is 0 Å². The Kier molecular flexibility index (Phi) is 9.14. The van der Waals surface area contributed by atoms with Gasteiger partial charge in [-0.25, -0.2) is 4.79 Å². The second-order valence-electron chi connectivity index (χ2n) is 3.93. The number of alkyl carbamates (subject to hydrolysis) is 1. The minimum Gasteiger partial charge on any atom is -0.453 e. The smallest absolute Gasteiger partial charge is 0.407 e. The van der Waals surface area contributed by atoms with E-state index in [9.17, 15) is 9.59 Å². The van der Waals surface area contributed by atoms with Crippen molar-refractivity contribution in [1.82, 2.24) is 5.32 Å². The van der Waals surface area contributed by atoms with E-state index in [4.69, 9.17) is 0 Å². The highest BCUT2D eigenvalue weighted by Gasteiger charge is 2.15. The summed E-state index contributed by atoms with van der Waals surface area (Å²) in [5.41, 5.74) is 1.08. The van der Waals surface area contributed by atoms with Gasteiger partial charge in [0.25, 0.3) is 0 Å². The van der Waals surface area contributed by atoms with Gasteiger partial charge in [0.2, 0.25) is 0 Å². The standard InChI is InChI=1S/C13H17NO3.C2H6/c1-10(15)8-12(14-13(16)17-2)9-11-6-4-3-5-7-11;1-2/h3-7,12H,8-9H2,1-2H3,(H,14,16);1-2H3. The molecule has 1 rings (SSSR count). The monoisotopic (exact) mass is 265 g/mol. The molecule has 0 spiro atoms. The highest BCUT2D eigenvalue weighted by atomic mass is 16.5. The minimum absolute atomic E-state index is 0.0438. The maximum Gasteiger partial charge on any atom is 0.407 e. The maximum absolute atomic E-state index is 11.1. The van der Waals surface area contributed by atoms with E-state index in [-0.39, 0.29) is 11.8 Å². The Hall–Kier alpha value is -1.84. The molecule has 106 valence electrons. The van der Waals surface area contributed by atoms with Gasteiger partial charge in [-0.3, -0.25) is 4.79 Å². The molecule has 1 aromatic carbocycles. The van der Waals surface area contributed by atoms with Gasteiger partial charge in [-0.05, 0) is 18.9 Å². The topological polar surface area (TPSA) is 55.4 Å². The van der Waals surface area contributed by atoms with Crippen molar-refractivity contribution in [3.8, 4) is 0 Å². The molecule has 0 aliphatic carbocycles. The molecule has 0 saturated carbocycles. The first-order valence-corrected chi connectivity index (χ1v) is 6.49. The second-order valence-corrected chi connectivity index (χ2v) is 3.93. The molecule has 0 aromatic heterocycles. The molecule has 1 amide bonds. The number of carbonyl (C=O) groups excluding carboxylic acids is 2. The fourth-order valence-corrected chi connectivity index (χ4v) is 1.65. The molecule has 1 aromatic rings. The number of rotatable bonds is 5. The third kappa shape index (κ3) is 7.97. The minimum atomic E-state index is -0.507. The van der Waals surface area contributed by atoms with E-state index in [1.54, 1.807) is 0 Å². The van der Waals surface area contributed by atoms with Crippen molar-refractivity contribution < 1.29 is 14.3 Å². The van der Waals surface area contributed by atoms with Gasteiger partial charge < -0.3 is 10.1 Å². The molecule has 0 fully saturated rings. The van der Waals surface area contributed by atoms with Crippen molar-refractivity contribution in [1.29, 1.82) is 0 Å². The van der Waals surface area contributed by atoms with Crippen LogP contribution in [0.4, 0.5) is 4.79 Å². The Labute approximate surface area is 115 Å². The fourth-order valence-electron chi connectivity index (χ4n) is 1.65. The van der Waals surface area contributed by atoms with Crippen LogP contribution in [0.25, 0.3) is 0 Å². The van der Waals surface area contributed by atoms with E-state index < -0.39 is 6.09 Å². The van der Waals surface area contributed by atoms with Crippen LogP contribution in [0.2, 0.25) is 0 Å². The summed E-state index contributed by atoms with van der Waals surface area (Å²) in [6.45, 7) is 5.51. The molecule has 0 bridgehead atoms. The number of nitrogens with one attached hydrogen (secondary N) is 1. The number of carbonyl (C=O) groups is 2. The summed E-state index contributed by atoms with van der Waals surface area (Å²) in [6, 6.07) is 9.49. The van der Waals surface area contributed by atoms with E-state index in [2.05, 4.69) is 10.1 Å². The van der Waals surface area contributed by atoms with Gasteiger partial charge in [-0.2, -0.15) is 0 Å².